The highest BCUT2D eigenvalue weighted by molar-refractivity contribution is 6.30. The number of nitrogens with one attached hydrogen (secondary N) is 1. The topological polar surface area (TPSA) is 68.3 Å². The molecule has 0 unspecified atom stereocenters. The van der Waals surface area contributed by atoms with Crippen molar-refractivity contribution < 1.29 is 13.9 Å². The lowest BCUT2D eigenvalue weighted by molar-refractivity contribution is 0.297. The Morgan fingerprint density at radius 3 is 2.57 bits per heavy atom. The van der Waals surface area contributed by atoms with Gasteiger partial charge in [0.1, 0.15) is 29.8 Å². The Labute approximate surface area is 126 Å². The summed E-state index contributed by atoms with van der Waals surface area (Å²) in [5.41, 5.74) is 6.31. The lowest BCUT2D eigenvalue weighted by Crippen LogP contribution is -2.11. The summed E-state index contributed by atoms with van der Waals surface area (Å²) in [5, 5.41) is 7.78. The maximum absolute atomic E-state index is 13.7. The minimum absolute atomic E-state index is 0.0352. The molecule has 21 heavy (non-hydrogen) atoms. The summed E-state index contributed by atoms with van der Waals surface area (Å²) in [4.78, 5) is 0. The van der Waals surface area contributed by atoms with E-state index in [0.29, 0.717) is 27.6 Å². The molecule has 2 aromatic carbocycles. The summed E-state index contributed by atoms with van der Waals surface area (Å²) in [6.07, 6.45) is 0. The molecule has 0 aromatic heterocycles. The third kappa shape index (κ3) is 3.86. The second-order valence-corrected chi connectivity index (χ2v) is 4.77. The van der Waals surface area contributed by atoms with Gasteiger partial charge >= 0.3 is 0 Å². The van der Waals surface area contributed by atoms with Gasteiger partial charge in [0, 0.05) is 22.2 Å². The second-order valence-electron chi connectivity index (χ2n) is 4.34. The average molecular weight is 309 g/mol. The molecule has 0 fully saturated rings. The van der Waals surface area contributed by atoms with E-state index < -0.39 is 5.82 Å². The molecule has 4 nitrogen and oxygen atoms in total. The smallest absolute Gasteiger partial charge is 0.131 e. The van der Waals surface area contributed by atoms with Crippen molar-refractivity contribution in [3.8, 4) is 11.5 Å². The Kier molecular flexibility index (Phi) is 4.65. The number of hydrogen-bond acceptors (Lipinski definition) is 3. The molecule has 0 saturated carbocycles. The fourth-order valence-electron chi connectivity index (χ4n) is 1.73. The standard InChI is InChI=1S/C15H14ClFN2O2/c1-20-12-4-10(15(18)19)5-13(7-12)21-8-9-2-3-11(16)6-14(9)17/h2-7H,8H2,1H3,(H3,18,19). The zero-order valence-corrected chi connectivity index (χ0v) is 12.1. The summed E-state index contributed by atoms with van der Waals surface area (Å²) in [6, 6.07) is 9.24. The molecular weight excluding hydrogens is 295 g/mol. The van der Waals surface area contributed by atoms with E-state index in [1.807, 2.05) is 0 Å². The normalized spacial score (nSPS) is 10.2. The minimum Gasteiger partial charge on any atom is -0.497 e. The molecule has 2 rings (SSSR count). The Morgan fingerprint density at radius 2 is 1.95 bits per heavy atom. The number of benzene rings is 2. The van der Waals surface area contributed by atoms with Crippen LogP contribution >= 0.6 is 11.6 Å². The van der Waals surface area contributed by atoms with Crippen LogP contribution in [-0.4, -0.2) is 12.9 Å². The number of nitrogens with two attached hydrogens (primary N) is 1. The predicted molar refractivity (Wildman–Crippen MR) is 79.8 cm³/mol. The van der Waals surface area contributed by atoms with Crippen molar-refractivity contribution >= 4 is 17.4 Å². The summed E-state index contributed by atoms with van der Waals surface area (Å²) in [5.74, 6) is 0.414. The fourth-order valence-corrected chi connectivity index (χ4v) is 1.89. The van der Waals surface area contributed by atoms with E-state index in [0.717, 1.165) is 0 Å². The monoisotopic (exact) mass is 308 g/mol. The van der Waals surface area contributed by atoms with Gasteiger partial charge in [-0.15, -0.1) is 0 Å². The zero-order valence-electron chi connectivity index (χ0n) is 11.3. The van der Waals surface area contributed by atoms with Crippen LogP contribution in [0.3, 0.4) is 0 Å². The maximum atomic E-state index is 13.7. The fraction of sp³-hybridized carbons (Fsp3) is 0.133. The van der Waals surface area contributed by atoms with Gasteiger partial charge < -0.3 is 15.2 Å². The molecule has 0 radical (unpaired) electrons. The van der Waals surface area contributed by atoms with Crippen molar-refractivity contribution in [1.82, 2.24) is 0 Å². The van der Waals surface area contributed by atoms with Crippen LogP contribution in [0.15, 0.2) is 36.4 Å². The number of nitrogen functional groups attached to an aromatic ring is 1. The molecule has 3 N–H and O–H groups in total. The Bertz CT molecular complexity index is 677. The summed E-state index contributed by atoms with van der Waals surface area (Å²) < 4.78 is 24.3. The van der Waals surface area contributed by atoms with E-state index in [1.165, 1.54) is 13.2 Å². The first-order chi connectivity index (χ1) is 9.99. The molecule has 0 saturated heterocycles. The van der Waals surface area contributed by atoms with Gasteiger partial charge in [0.05, 0.1) is 7.11 Å². The maximum Gasteiger partial charge on any atom is 0.131 e. The lowest BCUT2D eigenvalue weighted by atomic mass is 10.2. The number of halogens is 2. The SMILES string of the molecule is COc1cc(OCc2ccc(Cl)cc2F)cc(C(=N)N)c1. The number of ether oxygens (including phenoxy) is 2. The molecule has 0 aliphatic rings. The third-order valence-electron chi connectivity index (χ3n) is 2.84. The number of rotatable bonds is 5. The van der Waals surface area contributed by atoms with Gasteiger partial charge in [-0.25, -0.2) is 4.39 Å². The molecule has 0 heterocycles. The molecule has 0 amide bonds. The second kappa shape index (κ2) is 6.45. The van der Waals surface area contributed by atoms with Gasteiger partial charge in [0.2, 0.25) is 0 Å². The molecule has 0 bridgehead atoms. The highest BCUT2D eigenvalue weighted by atomic mass is 35.5. The predicted octanol–water partition coefficient (Wildman–Crippen LogP) is 3.35. The Morgan fingerprint density at radius 1 is 1.24 bits per heavy atom. The molecule has 2 aromatic rings. The average Bonchev–Trinajstić information content (AvgIpc) is 2.46. The molecule has 6 heteroatoms. The van der Waals surface area contributed by atoms with Crippen LogP contribution in [0, 0.1) is 11.2 Å². The van der Waals surface area contributed by atoms with Crippen LogP contribution in [0.25, 0.3) is 0 Å². The first-order valence-corrected chi connectivity index (χ1v) is 6.47. The zero-order chi connectivity index (χ0) is 15.4. The van der Waals surface area contributed by atoms with Gasteiger partial charge in [-0.2, -0.15) is 0 Å². The molecule has 110 valence electrons. The van der Waals surface area contributed by atoms with Gasteiger partial charge in [0.15, 0.2) is 0 Å². The largest absolute Gasteiger partial charge is 0.497 e. The van der Waals surface area contributed by atoms with Crippen molar-refractivity contribution in [1.29, 1.82) is 5.41 Å². The minimum atomic E-state index is -0.433. The highest BCUT2D eigenvalue weighted by Crippen LogP contribution is 2.24. The van der Waals surface area contributed by atoms with E-state index in [1.54, 1.807) is 30.3 Å². The number of hydrogen-bond donors (Lipinski definition) is 2. The Balaban J connectivity index is 2.19. The van der Waals surface area contributed by atoms with E-state index in [-0.39, 0.29) is 12.4 Å². The van der Waals surface area contributed by atoms with Crippen molar-refractivity contribution in [2.45, 2.75) is 6.61 Å². The van der Waals surface area contributed by atoms with Crippen molar-refractivity contribution in [3.05, 3.63) is 58.4 Å². The number of amidine groups is 1. The van der Waals surface area contributed by atoms with Crippen LogP contribution in [0.4, 0.5) is 4.39 Å². The van der Waals surface area contributed by atoms with Crippen molar-refractivity contribution in [2.75, 3.05) is 7.11 Å². The van der Waals surface area contributed by atoms with Gasteiger partial charge in [-0.3, -0.25) is 5.41 Å². The van der Waals surface area contributed by atoms with Crippen LogP contribution in [0.2, 0.25) is 5.02 Å². The quantitative estimate of drug-likeness (QED) is 0.657. The van der Waals surface area contributed by atoms with E-state index in [9.17, 15) is 4.39 Å². The lowest BCUT2D eigenvalue weighted by Gasteiger charge is -2.11. The van der Waals surface area contributed by atoms with Gasteiger partial charge in [-0.1, -0.05) is 17.7 Å². The van der Waals surface area contributed by atoms with Gasteiger partial charge in [-0.05, 0) is 24.3 Å². The summed E-state index contributed by atoms with van der Waals surface area (Å²) >= 11 is 5.69. The van der Waals surface area contributed by atoms with Crippen LogP contribution in [-0.2, 0) is 6.61 Å². The highest BCUT2D eigenvalue weighted by Gasteiger charge is 2.07. The van der Waals surface area contributed by atoms with E-state index >= 15 is 0 Å². The first-order valence-electron chi connectivity index (χ1n) is 6.10. The molecular formula is C15H14ClFN2O2. The molecule has 0 aliphatic carbocycles. The van der Waals surface area contributed by atoms with Crippen LogP contribution in [0.5, 0.6) is 11.5 Å². The first kappa shape index (κ1) is 15.1. The van der Waals surface area contributed by atoms with E-state index in [2.05, 4.69) is 0 Å². The molecule has 0 atom stereocenters. The summed E-state index contributed by atoms with van der Waals surface area (Å²) in [6.45, 7) is 0.0352. The third-order valence-corrected chi connectivity index (χ3v) is 3.07. The Hall–Kier alpha value is -2.27. The van der Waals surface area contributed by atoms with Crippen LogP contribution in [0.1, 0.15) is 11.1 Å². The van der Waals surface area contributed by atoms with Gasteiger partial charge in [0.25, 0.3) is 0 Å². The van der Waals surface area contributed by atoms with E-state index in [4.69, 9.17) is 32.2 Å². The van der Waals surface area contributed by atoms with Crippen molar-refractivity contribution in [3.63, 3.8) is 0 Å². The number of methoxy groups -OCH3 is 1. The molecule has 0 aliphatic heterocycles. The molecule has 0 spiro atoms. The van der Waals surface area contributed by atoms with Crippen molar-refractivity contribution in [2.24, 2.45) is 5.73 Å². The summed E-state index contributed by atoms with van der Waals surface area (Å²) in [7, 11) is 1.50. The van der Waals surface area contributed by atoms with Crippen LogP contribution < -0.4 is 15.2 Å².